The Morgan fingerprint density at radius 3 is 2.53 bits per heavy atom. The number of hydrogen-bond acceptors (Lipinski definition) is 5. The number of nitrogens with one attached hydrogen (secondary N) is 1. The molecule has 5 nitrogen and oxygen atoms in total. The van der Waals surface area contributed by atoms with Gasteiger partial charge >= 0.3 is 0 Å². The van der Waals surface area contributed by atoms with Crippen molar-refractivity contribution in [2.24, 2.45) is 5.73 Å². The van der Waals surface area contributed by atoms with Crippen LogP contribution in [0.5, 0.6) is 0 Å². The molecule has 0 bridgehead atoms. The SMILES string of the molecule is Cc1cc(C)nc(NCCOCCN)n1. The molecule has 0 radical (unpaired) electrons. The first-order chi connectivity index (χ1) is 7.22. The average Bonchev–Trinajstić information content (AvgIpc) is 2.16. The van der Waals surface area contributed by atoms with E-state index in [-0.39, 0.29) is 0 Å². The zero-order chi connectivity index (χ0) is 11.1. The van der Waals surface area contributed by atoms with Crippen molar-refractivity contribution in [3.8, 4) is 0 Å². The fraction of sp³-hybridized carbons (Fsp3) is 0.600. The standard InChI is InChI=1S/C10H18N4O/c1-8-7-9(2)14-10(13-8)12-4-6-15-5-3-11/h7H,3-6,11H2,1-2H3,(H,12,13,14). The maximum Gasteiger partial charge on any atom is 0.223 e. The van der Waals surface area contributed by atoms with Crippen LogP contribution in [0.15, 0.2) is 6.07 Å². The van der Waals surface area contributed by atoms with Gasteiger partial charge in [-0.25, -0.2) is 9.97 Å². The van der Waals surface area contributed by atoms with Crippen molar-refractivity contribution in [1.82, 2.24) is 9.97 Å². The molecule has 1 aromatic rings. The van der Waals surface area contributed by atoms with Crippen molar-refractivity contribution in [2.75, 3.05) is 31.6 Å². The Morgan fingerprint density at radius 1 is 1.27 bits per heavy atom. The number of ether oxygens (including phenoxy) is 1. The number of aromatic nitrogens is 2. The normalized spacial score (nSPS) is 10.3. The molecule has 1 heterocycles. The summed E-state index contributed by atoms with van der Waals surface area (Å²) in [6.45, 7) is 6.36. The third kappa shape index (κ3) is 4.71. The summed E-state index contributed by atoms with van der Waals surface area (Å²) in [6.07, 6.45) is 0. The topological polar surface area (TPSA) is 73.1 Å². The molecule has 0 atom stereocenters. The first-order valence-corrected chi connectivity index (χ1v) is 5.06. The van der Waals surface area contributed by atoms with Gasteiger partial charge in [0.25, 0.3) is 0 Å². The summed E-state index contributed by atoms with van der Waals surface area (Å²) in [7, 11) is 0. The van der Waals surface area contributed by atoms with Crippen LogP contribution in [-0.2, 0) is 4.74 Å². The minimum absolute atomic E-state index is 0.556. The Kier molecular flexibility index (Phi) is 5.00. The second-order valence-corrected chi connectivity index (χ2v) is 3.30. The fourth-order valence-corrected chi connectivity index (χ4v) is 1.23. The lowest BCUT2D eigenvalue weighted by Gasteiger charge is -2.06. The number of rotatable bonds is 6. The largest absolute Gasteiger partial charge is 0.378 e. The lowest BCUT2D eigenvalue weighted by atomic mass is 10.4. The molecule has 84 valence electrons. The highest BCUT2D eigenvalue weighted by Gasteiger charge is 1.97. The summed E-state index contributed by atoms with van der Waals surface area (Å²) in [5.41, 5.74) is 7.22. The molecule has 0 fully saturated rings. The third-order valence-corrected chi connectivity index (χ3v) is 1.77. The molecule has 0 unspecified atom stereocenters. The zero-order valence-electron chi connectivity index (χ0n) is 9.29. The Morgan fingerprint density at radius 2 is 1.93 bits per heavy atom. The quantitative estimate of drug-likeness (QED) is 0.668. The Hall–Kier alpha value is -1.20. The van der Waals surface area contributed by atoms with Crippen LogP contribution in [0.3, 0.4) is 0 Å². The zero-order valence-corrected chi connectivity index (χ0v) is 9.29. The predicted octanol–water partition coefficient (Wildman–Crippen LogP) is 0.481. The lowest BCUT2D eigenvalue weighted by Crippen LogP contribution is -2.15. The van der Waals surface area contributed by atoms with Gasteiger partial charge in [0.2, 0.25) is 5.95 Å². The van der Waals surface area contributed by atoms with E-state index in [0.717, 1.165) is 11.4 Å². The van der Waals surface area contributed by atoms with E-state index < -0.39 is 0 Å². The van der Waals surface area contributed by atoms with E-state index in [9.17, 15) is 0 Å². The molecule has 5 heteroatoms. The summed E-state index contributed by atoms with van der Waals surface area (Å²) in [4.78, 5) is 8.50. The number of aryl methyl sites for hydroxylation is 2. The molecule has 3 N–H and O–H groups in total. The molecule has 0 spiro atoms. The van der Waals surface area contributed by atoms with Gasteiger partial charge in [-0.15, -0.1) is 0 Å². The molecular formula is C10H18N4O. The van der Waals surface area contributed by atoms with Gasteiger partial charge in [-0.3, -0.25) is 0 Å². The molecule has 1 rings (SSSR count). The van der Waals surface area contributed by atoms with Gasteiger partial charge in [0.05, 0.1) is 13.2 Å². The highest BCUT2D eigenvalue weighted by Crippen LogP contribution is 2.02. The number of nitrogens with zero attached hydrogens (tertiary/aromatic N) is 2. The number of anilines is 1. The average molecular weight is 210 g/mol. The van der Waals surface area contributed by atoms with E-state index in [1.807, 2.05) is 19.9 Å². The fourth-order valence-electron chi connectivity index (χ4n) is 1.23. The van der Waals surface area contributed by atoms with Crippen molar-refractivity contribution in [3.05, 3.63) is 17.5 Å². The molecule has 0 saturated carbocycles. The van der Waals surface area contributed by atoms with Crippen molar-refractivity contribution in [1.29, 1.82) is 0 Å². The number of nitrogens with two attached hydrogens (primary N) is 1. The van der Waals surface area contributed by atoms with E-state index in [1.54, 1.807) is 0 Å². The smallest absolute Gasteiger partial charge is 0.223 e. The minimum Gasteiger partial charge on any atom is -0.378 e. The van der Waals surface area contributed by atoms with Crippen LogP contribution in [0.2, 0.25) is 0 Å². The van der Waals surface area contributed by atoms with E-state index in [1.165, 1.54) is 0 Å². The van der Waals surface area contributed by atoms with Gasteiger partial charge in [0.1, 0.15) is 0 Å². The summed E-state index contributed by atoms with van der Waals surface area (Å²) < 4.78 is 5.22. The summed E-state index contributed by atoms with van der Waals surface area (Å²) in [6, 6.07) is 1.94. The maximum atomic E-state index is 5.29. The first kappa shape index (κ1) is 11.9. The molecule has 15 heavy (non-hydrogen) atoms. The summed E-state index contributed by atoms with van der Waals surface area (Å²) >= 11 is 0. The van der Waals surface area contributed by atoms with Crippen LogP contribution < -0.4 is 11.1 Å². The molecular weight excluding hydrogens is 192 g/mol. The maximum absolute atomic E-state index is 5.29. The van der Waals surface area contributed by atoms with E-state index >= 15 is 0 Å². The molecule has 1 aromatic heterocycles. The van der Waals surface area contributed by atoms with Crippen LogP contribution in [-0.4, -0.2) is 36.3 Å². The van der Waals surface area contributed by atoms with E-state index in [4.69, 9.17) is 10.5 Å². The predicted molar refractivity (Wildman–Crippen MR) is 59.9 cm³/mol. The van der Waals surface area contributed by atoms with Crippen LogP contribution in [0.4, 0.5) is 5.95 Å². The first-order valence-electron chi connectivity index (χ1n) is 5.06. The van der Waals surface area contributed by atoms with Crippen molar-refractivity contribution >= 4 is 5.95 Å². The highest BCUT2D eigenvalue weighted by atomic mass is 16.5. The van der Waals surface area contributed by atoms with Crippen molar-refractivity contribution < 1.29 is 4.74 Å². The Labute approximate surface area is 90.1 Å². The monoisotopic (exact) mass is 210 g/mol. The number of hydrogen-bond donors (Lipinski definition) is 2. The lowest BCUT2D eigenvalue weighted by molar-refractivity contribution is 0.151. The molecule has 0 amide bonds. The summed E-state index contributed by atoms with van der Waals surface area (Å²) in [5.74, 6) is 0.656. The van der Waals surface area contributed by atoms with Gasteiger partial charge in [0.15, 0.2) is 0 Å². The van der Waals surface area contributed by atoms with Gasteiger partial charge < -0.3 is 15.8 Å². The molecule has 0 aliphatic carbocycles. The minimum atomic E-state index is 0.556. The highest BCUT2D eigenvalue weighted by molar-refractivity contribution is 5.27. The van der Waals surface area contributed by atoms with Crippen molar-refractivity contribution in [2.45, 2.75) is 13.8 Å². The summed E-state index contributed by atoms with van der Waals surface area (Å²) in [5, 5.41) is 3.10. The van der Waals surface area contributed by atoms with Crippen LogP contribution in [0.25, 0.3) is 0 Å². The van der Waals surface area contributed by atoms with Crippen LogP contribution in [0.1, 0.15) is 11.4 Å². The Balaban J connectivity index is 2.31. The van der Waals surface area contributed by atoms with Gasteiger partial charge in [-0.2, -0.15) is 0 Å². The van der Waals surface area contributed by atoms with Gasteiger partial charge in [-0.1, -0.05) is 0 Å². The van der Waals surface area contributed by atoms with Crippen molar-refractivity contribution in [3.63, 3.8) is 0 Å². The van der Waals surface area contributed by atoms with Crippen LogP contribution >= 0.6 is 0 Å². The molecule has 0 saturated heterocycles. The van der Waals surface area contributed by atoms with E-state index in [0.29, 0.717) is 32.3 Å². The second-order valence-electron chi connectivity index (χ2n) is 3.30. The molecule has 0 aliphatic heterocycles. The molecule has 0 aromatic carbocycles. The third-order valence-electron chi connectivity index (χ3n) is 1.77. The van der Waals surface area contributed by atoms with Crippen LogP contribution in [0, 0.1) is 13.8 Å². The molecule has 0 aliphatic rings. The second kappa shape index (κ2) is 6.31. The Bertz CT molecular complexity index is 283. The van der Waals surface area contributed by atoms with Gasteiger partial charge in [-0.05, 0) is 19.9 Å². The van der Waals surface area contributed by atoms with E-state index in [2.05, 4.69) is 15.3 Å². The van der Waals surface area contributed by atoms with Gasteiger partial charge in [0, 0.05) is 24.5 Å².